The largest absolute Gasteiger partial charge is 0.295 e. The third-order valence-corrected chi connectivity index (χ3v) is 3.27. The predicted octanol–water partition coefficient (Wildman–Crippen LogP) is 3.01. The average molecular weight is 268 g/mol. The van der Waals surface area contributed by atoms with Crippen molar-refractivity contribution in [3.8, 4) is 0 Å². The van der Waals surface area contributed by atoms with Crippen molar-refractivity contribution in [1.29, 1.82) is 0 Å². The van der Waals surface area contributed by atoms with Crippen LogP contribution in [0.15, 0.2) is 42.7 Å². The van der Waals surface area contributed by atoms with Gasteiger partial charge in [0.25, 0.3) is 0 Å². The lowest BCUT2D eigenvalue weighted by Gasteiger charge is -2.16. The van der Waals surface area contributed by atoms with Crippen LogP contribution in [-0.4, -0.2) is 29.3 Å². The number of pyridine rings is 1. The van der Waals surface area contributed by atoms with Crippen LogP contribution in [0.4, 0.5) is 0 Å². The normalized spacial score (nSPS) is 10.8. The fraction of sp³-hybridized carbons (Fsp3) is 0.294. The summed E-state index contributed by atoms with van der Waals surface area (Å²) < 4.78 is 0. The molecule has 0 aliphatic carbocycles. The number of aromatic nitrogens is 1. The van der Waals surface area contributed by atoms with Crippen molar-refractivity contribution in [2.45, 2.75) is 20.4 Å². The standard InChI is InChI=1S/C17H20N2O/c1-13-6-7-16(14(2)9-13)17(20)12-19(3)11-15-5-4-8-18-10-15/h4-10H,11-12H2,1-3H3. The number of carbonyl (C=O) groups excluding carboxylic acids is 1. The van der Waals surface area contributed by atoms with Crippen molar-refractivity contribution in [1.82, 2.24) is 9.88 Å². The summed E-state index contributed by atoms with van der Waals surface area (Å²) in [6.45, 7) is 5.17. The molecule has 0 atom stereocenters. The van der Waals surface area contributed by atoms with Gasteiger partial charge in [-0.2, -0.15) is 0 Å². The highest BCUT2D eigenvalue weighted by atomic mass is 16.1. The third kappa shape index (κ3) is 3.75. The number of aryl methyl sites for hydroxylation is 2. The minimum atomic E-state index is 0.161. The number of likely N-dealkylation sites (N-methyl/N-ethyl adjacent to an activating group) is 1. The number of hydrogen-bond donors (Lipinski definition) is 0. The molecule has 1 aromatic heterocycles. The molecule has 0 aliphatic heterocycles. The molecular formula is C17H20N2O. The Morgan fingerprint density at radius 2 is 2.05 bits per heavy atom. The maximum absolute atomic E-state index is 12.3. The summed E-state index contributed by atoms with van der Waals surface area (Å²) >= 11 is 0. The van der Waals surface area contributed by atoms with Crippen molar-refractivity contribution < 1.29 is 4.79 Å². The van der Waals surface area contributed by atoms with Crippen LogP contribution < -0.4 is 0 Å². The fourth-order valence-corrected chi connectivity index (χ4v) is 2.32. The lowest BCUT2D eigenvalue weighted by Crippen LogP contribution is -2.26. The van der Waals surface area contributed by atoms with E-state index in [9.17, 15) is 4.79 Å². The molecule has 0 saturated heterocycles. The number of carbonyl (C=O) groups is 1. The lowest BCUT2D eigenvalue weighted by atomic mass is 10.0. The smallest absolute Gasteiger partial charge is 0.177 e. The first kappa shape index (κ1) is 14.4. The molecule has 0 N–H and O–H groups in total. The van der Waals surface area contributed by atoms with Crippen LogP contribution in [0.3, 0.4) is 0 Å². The number of ketones is 1. The van der Waals surface area contributed by atoms with Crippen LogP contribution in [0.1, 0.15) is 27.0 Å². The molecule has 2 rings (SSSR count). The summed E-state index contributed by atoms with van der Waals surface area (Å²) in [5.41, 5.74) is 4.16. The van der Waals surface area contributed by atoms with E-state index in [0.717, 1.165) is 23.2 Å². The van der Waals surface area contributed by atoms with Crippen LogP contribution in [0.5, 0.6) is 0 Å². The Kier molecular flexibility index (Phi) is 4.64. The van der Waals surface area contributed by atoms with E-state index < -0.39 is 0 Å². The zero-order valence-corrected chi connectivity index (χ0v) is 12.3. The molecule has 104 valence electrons. The first-order chi connectivity index (χ1) is 9.56. The van der Waals surface area contributed by atoms with Gasteiger partial charge in [-0.3, -0.25) is 14.7 Å². The Labute approximate surface area is 120 Å². The number of nitrogens with zero attached hydrogens (tertiary/aromatic N) is 2. The molecule has 0 spiro atoms. The molecular weight excluding hydrogens is 248 g/mol. The lowest BCUT2D eigenvalue weighted by molar-refractivity contribution is 0.0942. The maximum atomic E-state index is 12.3. The molecule has 3 heteroatoms. The summed E-state index contributed by atoms with van der Waals surface area (Å²) in [5, 5.41) is 0. The Balaban J connectivity index is 2.00. The number of benzene rings is 1. The topological polar surface area (TPSA) is 33.2 Å². The van der Waals surface area contributed by atoms with Gasteiger partial charge in [0, 0.05) is 24.5 Å². The molecule has 0 radical (unpaired) electrons. The van der Waals surface area contributed by atoms with E-state index in [1.54, 1.807) is 6.20 Å². The summed E-state index contributed by atoms with van der Waals surface area (Å²) in [6, 6.07) is 9.89. The van der Waals surface area contributed by atoms with Gasteiger partial charge in [-0.15, -0.1) is 0 Å². The van der Waals surface area contributed by atoms with Crippen molar-refractivity contribution in [3.05, 3.63) is 65.0 Å². The van der Waals surface area contributed by atoms with E-state index in [1.807, 2.05) is 62.3 Å². The van der Waals surface area contributed by atoms with Gasteiger partial charge in [0.1, 0.15) is 0 Å². The molecule has 3 nitrogen and oxygen atoms in total. The van der Waals surface area contributed by atoms with E-state index in [0.29, 0.717) is 6.54 Å². The molecule has 0 unspecified atom stereocenters. The SMILES string of the molecule is Cc1ccc(C(=O)CN(C)Cc2cccnc2)c(C)c1. The zero-order valence-electron chi connectivity index (χ0n) is 12.3. The van der Waals surface area contributed by atoms with Gasteiger partial charge in [-0.1, -0.05) is 29.8 Å². The summed E-state index contributed by atoms with van der Waals surface area (Å²) in [7, 11) is 1.95. The van der Waals surface area contributed by atoms with Crippen LogP contribution >= 0.6 is 0 Å². The number of hydrogen-bond acceptors (Lipinski definition) is 3. The van der Waals surface area contributed by atoms with E-state index in [1.165, 1.54) is 5.56 Å². The molecule has 0 fully saturated rings. The van der Waals surface area contributed by atoms with E-state index in [2.05, 4.69) is 4.98 Å². The monoisotopic (exact) mass is 268 g/mol. The minimum Gasteiger partial charge on any atom is -0.295 e. The Bertz CT molecular complexity index is 593. The highest BCUT2D eigenvalue weighted by Gasteiger charge is 2.12. The van der Waals surface area contributed by atoms with Gasteiger partial charge >= 0.3 is 0 Å². The van der Waals surface area contributed by atoms with E-state index >= 15 is 0 Å². The zero-order chi connectivity index (χ0) is 14.5. The van der Waals surface area contributed by atoms with Crippen LogP contribution in [0, 0.1) is 13.8 Å². The van der Waals surface area contributed by atoms with Gasteiger partial charge in [0.15, 0.2) is 5.78 Å². The summed E-state index contributed by atoms with van der Waals surface area (Å²) in [5.74, 6) is 0.161. The van der Waals surface area contributed by atoms with Gasteiger partial charge in [-0.25, -0.2) is 0 Å². The number of rotatable bonds is 5. The van der Waals surface area contributed by atoms with Gasteiger partial charge in [-0.05, 0) is 38.1 Å². The molecule has 0 bridgehead atoms. The molecule has 1 heterocycles. The Hall–Kier alpha value is -2.00. The van der Waals surface area contributed by atoms with Crippen molar-refractivity contribution in [2.24, 2.45) is 0 Å². The van der Waals surface area contributed by atoms with E-state index in [4.69, 9.17) is 0 Å². The van der Waals surface area contributed by atoms with Crippen molar-refractivity contribution in [2.75, 3.05) is 13.6 Å². The molecule has 0 saturated carbocycles. The predicted molar refractivity (Wildman–Crippen MR) is 80.8 cm³/mol. The fourth-order valence-electron chi connectivity index (χ4n) is 2.32. The molecule has 2 aromatic rings. The van der Waals surface area contributed by atoms with Gasteiger partial charge in [0.2, 0.25) is 0 Å². The van der Waals surface area contributed by atoms with Gasteiger partial charge in [0.05, 0.1) is 6.54 Å². The van der Waals surface area contributed by atoms with Crippen LogP contribution in [0.25, 0.3) is 0 Å². The summed E-state index contributed by atoms with van der Waals surface area (Å²) in [4.78, 5) is 18.4. The Morgan fingerprint density at radius 3 is 2.70 bits per heavy atom. The highest BCUT2D eigenvalue weighted by Crippen LogP contribution is 2.12. The van der Waals surface area contributed by atoms with Crippen molar-refractivity contribution in [3.63, 3.8) is 0 Å². The highest BCUT2D eigenvalue weighted by molar-refractivity contribution is 5.98. The second-order valence-electron chi connectivity index (χ2n) is 5.28. The first-order valence-corrected chi connectivity index (χ1v) is 6.74. The minimum absolute atomic E-state index is 0.161. The Morgan fingerprint density at radius 1 is 1.25 bits per heavy atom. The average Bonchev–Trinajstić information content (AvgIpc) is 2.39. The van der Waals surface area contributed by atoms with Crippen LogP contribution in [0.2, 0.25) is 0 Å². The second-order valence-corrected chi connectivity index (χ2v) is 5.28. The third-order valence-electron chi connectivity index (χ3n) is 3.27. The van der Waals surface area contributed by atoms with Crippen molar-refractivity contribution >= 4 is 5.78 Å². The quantitative estimate of drug-likeness (QED) is 0.782. The summed E-state index contributed by atoms with van der Waals surface area (Å²) in [6.07, 6.45) is 3.59. The second kappa shape index (κ2) is 6.44. The van der Waals surface area contributed by atoms with E-state index in [-0.39, 0.29) is 5.78 Å². The molecule has 0 amide bonds. The first-order valence-electron chi connectivity index (χ1n) is 6.74. The molecule has 1 aromatic carbocycles. The molecule has 20 heavy (non-hydrogen) atoms. The maximum Gasteiger partial charge on any atom is 0.177 e. The molecule has 0 aliphatic rings. The van der Waals surface area contributed by atoms with Gasteiger partial charge < -0.3 is 0 Å². The van der Waals surface area contributed by atoms with Crippen LogP contribution in [-0.2, 0) is 6.54 Å². The number of Topliss-reactive ketones (excluding diaryl/α,β-unsaturated/α-hetero) is 1.